The predicted octanol–water partition coefficient (Wildman–Crippen LogP) is 2.95. The van der Waals surface area contributed by atoms with E-state index in [2.05, 4.69) is 15.3 Å². The Labute approximate surface area is 119 Å². The molecule has 21 heavy (non-hydrogen) atoms. The van der Waals surface area contributed by atoms with Gasteiger partial charge in [-0.2, -0.15) is 0 Å². The van der Waals surface area contributed by atoms with Crippen LogP contribution in [0.4, 0.5) is 14.6 Å². The summed E-state index contributed by atoms with van der Waals surface area (Å²) in [4.78, 5) is 19.9. The highest BCUT2D eigenvalue weighted by Gasteiger charge is 2.61. The lowest BCUT2D eigenvalue weighted by molar-refractivity contribution is -0.119. The average molecular weight is 293 g/mol. The Morgan fingerprint density at radius 2 is 2.19 bits per heavy atom. The molecule has 1 saturated carbocycles. The SMILES string of the molecule is Cc1coc(-c2cc(NC(=O)C3CC3(F)F)ncc2C)n1. The van der Waals surface area contributed by atoms with Crippen molar-refractivity contribution in [3.63, 3.8) is 0 Å². The third-order valence-corrected chi connectivity index (χ3v) is 3.35. The van der Waals surface area contributed by atoms with Crippen molar-refractivity contribution in [3.05, 3.63) is 29.8 Å². The normalized spacial score (nSPS) is 19.3. The fourth-order valence-electron chi connectivity index (χ4n) is 2.01. The van der Waals surface area contributed by atoms with Crippen molar-refractivity contribution in [3.8, 4) is 11.5 Å². The molecule has 0 saturated heterocycles. The van der Waals surface area contributed by atoms with Gasteiger partial charge in [-0.3, -0.25) is 4.79 Å². The highest BCUT2D eigenvalue weighted by Crippen LogP contribution is 2.49. The molecule has 1 amide bonds. The molecular formula is C14H13F2N3O2. The number of hydrogen-bond acceptors (Lipinski definition) is 4. The van der Waals surface area contributed by atoms with Crippen LogP contribution in [0.25, 0.3) is 11.5 Å². The Hall–Kier alpha value is -2.31. The first-order valence-corrected chi connectivity index (χ1v) is 6.44. The molecule has 0 aromatic carbocycles. The number of anilines is 1. The van der Waals surface area contributed by atoms with Crippen LogP contribution in [0.15, 0.2) is 22.9 Å². The number of hydrogen-bond donors (Lipinski definition) is 1. The first kappa shape index (κ1) is 13.7. The molecule has 2 heterocycles. The molecular weight excluding hydrogens is 280 g/mol. The lowest BCUT2D eigenvalue weighted by Gasteiger charge is -2.07. The second-order valence-corrected chi connectivity index (χ2v) is 5.19. The van der Waals surface area contributed by atoms with Crippen LogP contribution < -0.4 is 5.32 Å². The van der Waals surface area contributed by atoms with Gasteiger partial charge in [-0.05, 0) is 25.5 Å². The summed E-state index contributed by atoms with van der Waals surface area (Å²) in [5, 5.41) is 2.40. The molecule has 1 aliphatic rings. The van der Waals surface area contributed by atoms with E-state index in [4.69, 9.17) is 4.42 Å². The number of carbonyl (C=O) groups excluding carboxylic acids is 1. The summed E-state index contributed by atoms with van der Waals surface area (Å²) in [6.45, 7) is 3.61. The van der Waals surface area contributed by atoms with Crippen LogP contribution in [0.2, 0.25) is 0 Å². The van der Waals surface area contributed by atoms with Crippen molar-refractivity contribution in [2.45, 2.75) is 26.2 Å². The van der Waals surface area contributed by atoms with E-state index in [0.29, 0.717) is 11.5 Å². The Morgan fingerprint density at radius 3 is 2.76 bits per heavy atom. The number of carbonyl (C=O) groups is 1. The molecule has 110 valence electrons. The number of oxazole rings is 1. The van der Waals surface area contributed by atoms with Gasteiger partial charge in [-0.15, -0.1) is 0 Å². The number of alkyl halides is 2. The van der Waals surface area contributed by atoms with Crippen molar-refractivity contribution in [2.24, 2.45) is 5.92 Å². The van der Waals surface area contributed by atoms with Gasteiger partial charge in [0.15, 0.2) is 0 Å². The molecule has 3 rings (SSSR count). The lowest BCUT2D eigenvalue weighted by atomic mass is 10.1. The maximum Gasteiger partial charge on any atom is 0.260 e. The van der Waals surface area contributed by atoms with Crippen LogP contribution in [-0.4, -0.2) is 21.8 Å². The molecule has 0 bridgehead atoms. The van der Waals surface area contributed by atoms with Gasteiger partial charge in [0.25, 0.3) is 5.92 Å². The summed E-state index contributed by atoms with van der Waals surface area (Å²) in [6.07, 6.45) is 2.64. The molecule has 1 aliphatic carbocycles. The van der Waals surface area contributed by atoms with Crippen LogP contribution in [0.1, 0.15) is 17.7 Å². The van der Waals surface area contributed by atoms with Crippen LogP contribution in [-0.2, 0) is 4.79 Å². The maximum atomic E-state index is 12.9. The summed E-state index contributed by atoms with van der Waals surface area (Å²) in [6, 6.07) is 1.57. The molecule has 0 radical (unpaired) electrons. The molecule has 0 spiro atoms. The maximum absolute atomic E-state index is 12.9. The lowest BCUT2D eigenvalue weighted by Crippen LogP contribution is -2.18. The number of halogens is 2. The smallest absolute Gasteiger partial charge is 0.260 e. The molecule has 2 aromatic rings. The minimum Gasteiger partial charge on any atom is -0.444 e. The Bertz CT molecular complexity index is 712. The summed E-state index contributed by atoms with van der Waals surface area (Å²) >= 11 is 0. The molecule has 7 heteroatoms. The van der Waals surface area contributed by atoms with Crippen LogP contribution >= 0.6 is 0 Å². The van der Waals surface area contributed by atoms with E-state index >= 15 is 0 Å². The molecule has 5 nitrogen and oxygen atoms in total. The van der Waals surface area contributed by atoms with Crippen molar-refractivity contribution in [2.75, 3.05) is 5.32 Å². The second-order valence-electron chi connectivity index (χ2n) is 5.19. The second kappa shape index (κ2) is 4.61. The number of aromatic nitrogens is 2. The first-order valence-electron chi connectivity index (χ1n) is 6.44. The molecule has 1 N–H and O–H groups in total. The van der Waals surface area contributed by atoms with E-state index in [0.717, 1.165) is 11.3 Å². The van der Waals surface area contributed by atoms with Gasteiger partial charge in [0, 0.05) is 18.2 Å². The Morgan fingerprint density at radius 1 is 1.48 bits per heavy atom. The number of pyridine rings is 1. The van der Waals surface area contributed by atoms with Crippen LogP contribution in [0, 0.1) is 19.8 Å². The summed E-state index contributed by atoms with van der Waals surface area (Å²) in [7, 11) is 0. The molecule has 1 unspecified atom stereocenters. The van der Waals surface area contributed by atoms with Gasteiger partial charge < -0.3 is 9.73 Å². The Kier molecular flexibility index (Phi) is 3.00. The fourth-order valence-corrected chi connectivity index (χ4v) is 2.01. The highest BCUT2D eigenvalue weighted by atomic mass is 19.3. The van der Waals surface area contributed by atoms with E-state index in [9.17, 15) is 13.6 Å². The predicted molar refractivity (Wildman–Crippen MR) is 70.9 cm³/mol. The van der Waals surface area contributed by atoms with Gasteiger partial charge in [0.05, 0.1) is 5.69 Å². The molecule has 1 fully saturated rings. The zero-order chi connectivity index (χ0) is 15.2. The minimum absolute atomic E-state index is 0.208. The number of nitrogens with zero attached hydrogens (tertiary/aromatic N) is 2. The molecule has 2 aromatic heterocycles. The zero-order valence-corrected chi connectivity index (χ0v) is 11.5. The van der Waals surface area contributed by atoms with Crippen molar-refractivity contribution >= 4 is 11.7 Å². The fraction of sp³-hybridized carbons (Fsp3) is 0.357. The quantitative estimate of drug-likeness (QED) is 0.944. The first-order chi connectivity index (χ1) is 9.87. The monoisotopic (exact) mass is 293 g/mol. The van der Waals surface area contributed by atoms with Crippen LogP contribution in [0.3, 0.4) is 0 Å². The van der Waals surface area contributed by atoms with Crippen molar-refractivity contribution in [1.29, 1.82) is 0 Å². The van der Waals surface area contributed by atoms with Crippen molar-refractivity contribution in [1.82, 2.24) is 9.97 Å². The van der Waals surface area contributed by atoms with Gasteiger partial charge in [-0.1, -0.05) is 0 Å². The third-order valence-electron chi connectivity index (χ3n) is 3.35. The third kappa shape index (κ3) is 2.63. The topological polar surface area (TPSA) is 68.0 Å². The molecule has 0 aliphatic heterocycles. The number of aryl methyl sites for hydroxylation is 2. The highest BCUT2D eigenvalue weighted by molar-refractivity contribution is 5.94. The van der Waals surface area contributed by atoms with Gasteiger partial charge in [-0.25, -0.2) is 18.7 Å². The van der Waals surface area contributed by atoms with Gasteiger partial charge >= 0.3 is 0 Å². The summed E-state index contributed by atoms with van der Waals surface area (Å²) in [5.74, 6) is -4.25. The van der Waals surface area contributed by atoms with E-state index in [1.54, 1.807) is 13.0 Å². The van der Waals surface area contributed by atoms with E-state index in [-0.39, 0.29) is 5.82 Å². The van der Waals surface area contributed by atoms with E-state index in [1.165, 1.54) is 12.5 Å². The number of rotatable bonds is 3. The van der Waals surface area contributed by atoms with Crippen molar-refractivity contribution < 1.29 is 18.0 Å². The van der Waals surface area contributed by atoms with Gasteiger partial charge in [0.2, 0.25) is 11.8 Å². The van der Waals surface area contributed by atoms with Gasteiger partial charge in [0.1, 0.15) is 18.0 Å². The summed E-state index contributed by atoms with van der Waals surface area (Å²) in [5.41, 5.74) is 2.20. The number of amides is 1. The average Bonchev–Trinajstić information content (AvgIpc) is 2.85. The largest absolute Gasteiger partial charge is 0.444 e. The zero-order valence-electron chi connectivity index (χ0n) is 11.5. The standard InChI is InChI=1S/C14H13F2N3O2/c1-7-5-17-11(19-12(20)10-4-14(10,15)16)3-9(7)13-18-8(2)6-21-13/h3,5-6,10H,4H2,1-2H3,(H,17,19,20). The van der Waals surface area contributed by atoms with E-state index < -0.39 is 24.2 Å². The van der Waals surface area contributed by atoms with E-state index in [1.807, 2.05) is 6.92 Å². The summed E-state index contributed by atoms with van der Waals surface area (Å²) < 4.78 is 31.0. The molecule has 1 atom stereocenters. The minimum atomic E-state index is -2.89. The van der Waals surface area contributed by atoms with Crippen LogP contribution in [0.5, 0.6) is 0 Å². The Balaban J connectivity index is 1.83. The number of nitrogens with one attached hydrogen (secondary N) is 1.